The number of likely N-dealkylation sites (tertiary alicyclic amines) is 1. The summed E-state index contributed by atoms with van der Waals surface area (Å²) >= 11 is 0. The van der Waals surface area contributed by atoms with Crippen LogP contribution in [0.5, 0.6) is 5.75 Å². The Kier molecular flexibility index (Phi) is 6.48. The van der Waals surface area contributed by atoms with E-state index in [0.717, 1.165) is 12.1 Å². The van der Waals surface area contributed by atoms with E-state index in [1.54, 1.807) is 31.7 Å². The Morgan fingerprint density at radius 2 is 1.81 bits per heavy atom. The van der Waals surface area contributed by atoms with Crippen LogP contribution in [0.4, 0.5) is 13.6 Å². The van der Waals surface area contributed by atoms with Gasteiger partial charge in [0.2, 0.25) is 0 Å². The average molecular weight is 433 g/mol. The van der Waals surface area contributed by atoms with E-state index >= 15 is 0 Å². The number of esters is 1. The number of hydrogen-bond donors (Lipinski definition) is 0. The monoisotopic (exact) mass is 433 g/mol. The van der Waals surface area contributed by atoms with Crippen LogP contribution in [0.3, 0.4) is 0 Å². The molecule has 0 bridgehead atoms. The number of carbonyl (C=O) groups excluding carboxylic acids is 2. The number of rotatable bonds is 4. The quantitative estimate of drug-likeness (QED) is 0.648. The molecule has 0 N–H and O–H groups in total. The molecule has 0 aromatic heterocycles. The predicted octanol–water partition coefficient (Wildman–Crippen LogP) is 4.81. The van der Waals surface area contributed by atoms with Crippen molar-refractivity contribution in [2.45, 2.75) is 38.9 Å². The minimum absolute atomic E-state index is 0.255. The van der Waals surface area contributed by atoms with Gasteiger partial charge < -0.3 is 19.1 Å². The minimum Gasteiger partial charge on any atom is -0.488 e. The number of methoxy groups -OCH3 is 1. The third-order valence-electron chi connectivity index (χ3n) is 4.72. The van der Waals surface area contributed by atoms with Gasteiger partial charge in [-0.05, 0) is 56.7 Å². The lowest BCUT2D eigenvalue weighted by atomic mass is 10.0. The molecule has 0 unspecified atom stereocenters. The Balaban J connectivity index is 1.85. The molecule has 31 heavy (non-hydrogen) atoms. The predicted molar refractivity (Wildman–Crippen MR) is 110 cm³/mol. The molecule has 2 aromatic rings. The maximum atomic E-state index is 13.8. The van der Waals surface area contributed by atoms with E-state index in [9.17, 15) is 18.4 Å². The second kappa shape index (κ2) is 8.91. The summed E-state index contributed by atoms with van der Waals surface area (Å²) in [6.45, 7) is 6.13. The van der Waals surface area contributed by atoms with Gasteiger partial charge in [0.05, 0.1) is 19.2 Å². The van der Waals surface area contributed by atoms with E-state index in [-0.39, 0.29) is 11.7 Å². The van der Waals surface area contributed by atoms with E-state index in [1.807, 2.05) is 0 Å². The Bertz CT molecular complexity index is 986. The van der Waals surface area contributed by atoms with Crippen LogP contribution in [0.15, 0.2) is 36.4 Å². The van der Waals surface area contributed by atoms with Crippen molar-refractivity contribution in [3.05, 3.63) is 53.6 Å². The average Bonchev–Trinajstić information content (AvgIpc) is 3.17. The van der Waals surface area contributed by atoms with Crippen LogP contribution in [0.1, 0.15) is 37.6 Å². The smallest absolute Gasteiger partial charge is 0.410 e. The first-order chi connectivity index (χ1) is 14.6. The van der Waals surface area contributed by atoms with Gasteiger partial charge in [-0.2, -0.15) is 0 Å². The van der Waals surface area contributed by atoms with Gasteiger partial charge >= 0.3 is 12.1 Å². The highest BCUT2D eigenvalue weighted by molar-refractivity contribution is 5.91. The fourth-order valence-corrected chi connectivity index (χ4v) is 3.26. The minimum atomic E-state index is -0.988. The van der Waals surface area contributed by atoms with Crippen LogP contribution < -0.4 is 4.74 Å². The lowest BCUT2D eigenvalue weighted by Crippen LogP contribution is -2.36. The molecule has 1 atom stereocenters. The zero-order valence-electron chi connectivity index (χ0n) is 17.9. The zero-order valence-corrected chi connectivity index (χ0v) is 17.9. The van der Waals surface area contributed by atoms with E-state index in [0.29, 0.717) is 36.4 Å². The molecule has 0 radical (unpaired) electrons. The molecule has 0 saturated carbocycles. The molecule has 2 aromatic carbocycles. The van der Waals surface area contributed by atoms with Gasteiger partial charge in [0, 0.05) is 18.5 Å². The van der Waals surface area contributed by atoms with Crippen LogP contribution >= 0.6 is 0 Å². The first kappa shape index (κ1) is 22.5. The summed E-state index contributed by atoms with van der Waals surface area (Å²) in [5, 5.41) is 0. The largest absolute Gasteiger partial charge is 0.488 e. The van der Waals surface area contributed by atoms with E-state index in [1.165, 1.54) is 25.3 Å². The van der Waals surface area contributed by atoms with Crippen molar-refractivity contribution < 1.29 is 32.6 Å². The number of nitrogens with zero attached hydrogens (tertiary/aromatic N) is 1. The zero-order chi connectivity index (χ0) is 22.8. The third-order valence-corrected chi connectivity index (χ3v) is 4.72. The molecule has 1 aliphatic heterocycles. The molecule has 3 rings (SSSR count). The van der Waals surface area contributed by atoms with Crippen molar-refractivity contribution in [3.8, 4) is 16.9 Å². The van der Waals surface area contributed by atoms with Crippen molar-refractivity contribution in [2.24, 2.45) is 0 Å². The molecule has 166 valence electrons. The van der Waals surface area contributed by atoms with Crippen LogP contribution in [-0.4, -0.2) is 48.9 Å². The molecule has 6 nitrogen and oxygen atoms in total. The Labute approximate surface area is 179 Å². The summed E-state index contributed by atoms with van der Waals surface area (Å²) in [5.74, 6) is -2.19. The molecule has 1 fully saturated rings. The molecule has 8 heteroatoms. The van der Waals surface area contributed by atoms with Crippen molar-refractivity contribution >= 4 is 12.1 Å². The summed E-state index contributed by atoms with van der Waals surface area (Å²) in [5.41, 5.74) is 0.533. The topological polar surface area (TPSA) is 65.1 Å². The summed E-state index contributed by atoms with van der Waals surface area (Å²) < 4.78 is 43.4. The van der Waals surface area contributed by atoms with Gasteiger partial charge in [0.15, 0.2) is 11.6 Å². The summed E-state index contributed by atoms with van der Waals surface area (Å²) in [6.07, 6.45) is -0.231. The van der Waals surface area contributed by atoms with Gasteiger partial charge in [-0.15, -0.1) is 0 Å². The number of ether oxygens (including phenoxy) is 3. The summed E-state index contributed by atoms with van der Waals surface area (Å²) in [7, 11) is 1.27. The molecular weight excluding hydrogens is 408 g/mol. The first-order valence-corrected chi connectivity index (χ1v) is 9.90. The number of amides is 1. The second-order valence-corrected chi connectivity index (χ2v) is 8.29. The Hall–Kier alpha value is -3.16. The third kappa shape index (κ3) is 5.51. The number of halogens is 2. The molecular formula is C23H25F2NO5. The van der Waals surface area contributed by atoms with Crippen LogP contribution in [0.25, 0.3) is 11.1 Å². The standard InChI is InChI=1S/C23H25F2NO5/c1-23(2,3)31-22(28)26-10-9-16(13-26)30-20-12-15(21(27)29-4)5-7-17(20)14-6-8-18(24)19(25)11-14/h5-8,11-12,16H,9-10,13H2,1-4H3/t16-/m0/s1. The first-order valence-electron chi connectivity index (χ1n) is 9.90. The van der Waals surface area contributed by atoms with Gasteiger partial charge in [-0.3, -0.25) is 0 Å². The van der Waals surface area contributed by atoms with Gasteiger partial charge in [0.25, 0.3) is 0 Å². The van der Waals surface area contributed by atoms with Crippen molar-refractivity contribution in [3.63, 3.8) is 0 Å². The number of benzene rings is 2. The summed E-state index contributed by atoms with van der Waals surface area (Å²) in [6, 6.07) is 8.14. The van der Waals surface area contributed by atoms with Gasteiger partial charge in [-0.1, -0.05) is 6.07 Å². The molecule has 1 amide bonds. The second-order valence-electron chi connectivity index (χ2n) is 8.29. The van der Waals surface area contributed by atoms with Crippen LogP contribution in [0.2, 0.25) is 0 Å². The highest BCUT2D eigenvalue weighted by Gasteiger charge is 2.31. The lowest BCUT2D eigenvalue weighted by Gasteiger charge is -2.24. The number of carbonyl (C=O) groups is 2. The van der Waals surface area contributed by atoms with Crippen LogP contribution in [0, 0.1) is 11.6 Å². The van der Waals surface area contributed by atoms with E-state index in [4.69, 9.17) is 14.2 Å². The van der Waals surface area contributed by atoms with Gasteiger partial charge in [0.1, 0.15) is 17.5 Å². The lowest BCUT2D eigenvalue weighted by molar-refractivity contribution is 0.0275. The Morgan fingerprint density at radius 3 is 2.45 bits per heavy atom. The molecule has 1 saturated heterocycles. The summed E-state index contributed by atoms with van der Waals surface area (Å²) in [4.78, 5) is 25.8. The van der Waals surface area contributed by atoms with Gasteiger partial charge in [-0.25, -0.2) is 18.4 Å². The highest BCUT2D eigenvalue weighted by atomic mass is 19.2. The molecule has 0 aliphatic carbocycles. The van der Waals surface area contributed by atoms with Crippen molar-refractivity contribution in [2.75, 3.05) is 20.2 Å². The Morgan fingerprint density at radius 1 is 1.06 bits per heavy atom. The van der Waals surface area contributed by atoms with E-state index < -0.39 is 29.3 Å². The molecule has 1 aliphatic rings. The van der Waals surface area contributed by atoms with Crippen LogP contribution in [-0.2, 0) is 9.47 Å². The van der Waals surface area contributed by atoms with Crippen molar-refractivity contribution in [1.82, 2.24) is 4.90 Å². The maximum Gasteiger partial charge on any atom is 0.410 e. The maximum absolute atomic E-state index is 13.8. The fraction of sp³-hybridized carbons (Fsp3) is 0.391. The number of hydrogen-bond acceptors (Lipinski definition) is 5. The molecule has 0 spiro atoms. The SMILES string of the molecule is COC(=O)c1ccc(-c2ccc(F)c(F)c2)c(O[C@H]2CCN(C(=O)OC(C)(C)C)C2)c1. The molecule has 1 heterocycles. The fourth-order valence-electron chi connectivity index (χ4n) is 3.26. The van der Waals surface area contributed by atoms with E-state index in [2.05, 4.69) is 0 Å². The normalized spacial score (nSPS) is 16.2. The highest BCUT2D eigenvalue weighted by Crippen LogP contribution is 2.34. The van der Waals surface area contributed by atoms with Crippen molar-refractivity contribution in [1.29, 1.82) is 0 Å².